The van der Waals surface area contributed by atoms with E-state index in [4.69, 9.17) is 16.6 Å². The maximum Gasteiger partial charge on any atom is 0.229 e. The normalized spacial score (nSPS) is 25.8. The molecule has 12 heteroatoms. The number of fused-ring (bicyclic) bond motifs is 2. The number of nitrogens with zero attached hydrogens (tertiary/aromatic N) is 5. The Bertz CT molecular complexity index is 1580. The molecular weight excluding hydrogens is 513 g/mol. The fourth-order valence-corrected chi connectivity index (χ4v) is 5.90. The van der Waals surface area contributed by atoms with Gasteiger partial charge in [-0.2, -0.15) is 0 Å². The summed E-state index contributed by atoms with van der Waals surface area (Å²) in [4.78, 5) is 30.6. The van der Waals surface area contributed by atoms with Crippen molar-refractivity contribution in [3.8, 4) is 11.4 Å². The predicted molar refractivity (Wildman–Crippen MR) is 138 cm³/mol. The third-order valence-electron chi connectivity index (χ3n) is 7.68. The fraction of sp³-hybridized carbons (Fsp3) is 0.346. The van der Waals surface area contributed by atoms with E-state index < -0.39 is 23.7 Å². The van der Waals surface area contributed by atoms with E-state index in [9.17, 15) is 19.4 Å². The molecule has 2 saturated carbocycles. The minimum absolute atomic E-state index is 0.146. The summed E-state index contributed by atoms with van der Waals surface area (Å²) in [5.74, 6) is -0.299. The average molecular weight is 538 g/mol. The van der Waals surface area contributed by atoms with Crippen molar-refractivity contribution >= 4 is 34.5 Å². The summed E-state index contributed by atoms with van der Waals surface area (Å²) in [6.45, 7) is 2.03. The molecule has 3 heterocycles. The van der Waals surface area contributed by atoms with Crippen LogP contribution in [0.3, 0.4) is 0 Å². The summed E-state index contributed by atoms with van der Waals surface area (Å²) in [7, 11) is 1.51. The van der Waals surface area contributed by atoms with E-state index in [2.05, 4.69) is 25.6 Å². The molecule has 4 aromatic rings. The minimum Gasteiger partial charge on any atom is -0.389 e. The van der Waals surface area contributed by atoms with Crippen LogP contribution in [0, 0.1) is 24.1 Å². The Morgan fingerprint density at radius 2 is 2.08 bits per heavy atom. The van der Waals surface area contributed by atoms with Crippen LogP contribution in [-0.2, 0) is 11.3 Å². The number of carbonyl (C=O) groups excluding carboxylic acids is 1. The number of rotatable bonds is 6. The number of pyridine rings is 1. The molecule has 196 valence electrons. The molecule has 0 bridgehead atoms. The second-order valence-electron chi connectivity index (χ2n) is 9.92. The number of carbonyl (C=O) groups is 1. The van der Waals surface area contributed by atoms with Gasteiger partial charge in [-0.1, -0.05) is 29.3 Å². The van der Waals surface area contributed by atoms with Crippen molar-refractivity contribution in [3.63, 3.8) is 0 Å². The number of hydrogen-bond acceptors (Lipinski definition) is 8. The molecular formula is C26H25ClFN7O3. The summed E-state index contributed by atoms with van der Waals surface area (Å²) >= 11 is 6.17. The van der Waals surface area contributed by atoms with E-state index in [1.165, 1.54) is 25.6 Å². The maximum atomic E-state index is 14.4. The highest BCUT2D eigenvalue weighted by Crippen LogP contribution is 2.67. The number of aryl methyl sites for hydroxylation is 1. The van der Waals surface area contributed by atoms with E-state index in [0.717, 1.165) is 5.56 Å². The SMILES string of the molecule is CNC(=O)[C@@]12C[C@@H]1C(n1cnc3c(NCc4cc(C)ccc4F)nc(-c4cncc(Cl)c4)nc31)[C@H](O)[C@@H]2O. The molecule has 4 N–H and O–H groups in total. The number of hydrogen-bond donors (Lipinski definition) is 4. The molecule has 3 aromatic heterocycles. The Morgan fingerprint density at radius 3 is 2.84 bits per heavy atom. The fourth-order valence-electron chi connectivity index (χ4n) is 5.73. The third kappa shape index (κ3) is 3.72. The van der Waals surface area contributed by atoms with Crippen molar-refractivity contribution in [1.82, 2.24) is 29.8 Å². The maximum absolute atomic E-state index is 14.4. The van der Waals surface area contributed by atoms with E-state index in [0.29, 0.717) is 45.4 Å². The number of imidazole rings is 1. The molecule has 0 saturated heterocycles. The van der Waals surface area contributed by atoms with Gasteiger partial charge in [0.2, 0.25) is 5.91 Å². The first-order valence-corrected chi connectivity index (χ1v) is 12.5. The Morgan fingerprint density at radius 1 is 1.26 bits per heavy atom. The van der Waals surface area contributed by atoms with Crippen molar-refractivity contribution < 1.29 is 19.4 Å². The molecule has 0 spiro atoms. The molecule has 0 radical (unpaired) electrons. The number of amides is 1. The lowest BCUT2D eigenvalue weighted by Gasteiger charge is -2.23. The van der Waals surface area contributed by atoms with Crippen molar-refractivity contribution in [3.05, 3.63) is 65.0 Å². The number of halogens is 2. The van der Waals surface area contributed by atoms with Crippen LogP contribution >= 0.6 is 11.6 Å². The van der Waals surface area contributed by atoms with E-state index in [-0.39, 0.29) is 24.2 Å². The van der Waals surface area contributed by atoms with E-state index in [1.54, 1.807) is 29.0 Å². The van der Waals surface area contributed by atoms with Gasteiger partial charge < -0.3 is 25.4 Å². The second-order valence-corrected chi connectivity index (χ2v) is 10.4. The number of anilines is 1. The summed E-state index contributed by atoms with van der Waals surface area (Å²) < 4.78 is 16.1. The molecule has 38 heavy (non-hydrogen) atoms. The molecule has 2 fully saturated rings. The van der Waals surface area contributed by atoms with E-state index >= 15 is 0 Å². The average Bonchev–Trinajstić information content (AvgIpc) is 3.44. The quantitative estimate of drug-likeness (QED) is 0.294. The van der Waals surface area contributed by atoms with Crippen LogP contribution in [0.1, 0.15) is 23.6 Å². The Kier molecular flexibility index (Phi) is 5.82. The van der Waals surface area contributed by atoms with Gasteiger partial charge in [-0.25, -0.2) is 19.3 Å². The second kappa shape index (κ2) is 8.97. The molecule has 6 rings (SSSR count). The van der Waals surface area contributed by atoms with E-state index in [1.807, 2.05) is 6.92 Å². The lowest BCUT2D eigenvalue weighted by molar-refractivity contribution is -0.132. The van der Waals surface area contributed by atoms with Crippen LogP contribution in [0.15, 0.2) is 43.0 Å². The zero-order chi connectivity index (χ0) is 26.8. The zero-order valence-electron chi connectivity index (χ0n) is 20.6. The van der Waals surface area contributed by atoms with Gasteiger partial charge in [0.25, 0.3) is 0 Å². The van der Waals surface area contributed by atoms with Gasteiger partial charge in [0.15, 0.2) is 17.3 Å². The first-order valence-electron chi connectivity index (χ1n) is 12.2. The van der Waals surface area contributed by atoms with Crippen molar-refractivity contribution in [2.24, 2.45) is 11.3 Å². The monoisotopic (exact) mass is 537 g/mol. The predicted octanol–water partition coefficient (Wildman–Crippen LogP) is 2.63. The summed E-state index contributed by atoms with van der Waals surface area (Å²) in [6, 6.07) is 5.91. The molecule has 1 aromatic carbocycles. The highest BCUT2D eigenvalue weighted by molar-refractivity contribution is 6.30. The lowest BCUT2D eigenvalue weighted by atomic mass is 9.98. The summed E-state index contributed by atoms with van der Waals surface area (Å²) in [5.41, 5.74) is 1.67. The Hall–Kier alpha value is -3.67. The van der Waals surface area contributed by atoms with Gasteiger partial charge in [0.1, 0.15) is 17.4 Å². The van der Waals surface area contributed by atoms with Crippen molar-refractivity contribution in [2.75, 3.05) is 12.4 Å². The van der Waals surface area contributed by atoms with Gasteiger partial charge in [-0.05, 0) is 25.5 Å². The van der Waals surface area contributed by atoms with Crippen LogP contribution in [0.25, 0.3) is 22.6 Å². The number of nitrogens with one attached hydrogen (secondary N) is 2. The van der Waals surface area contributed by atoms with Gasteiger partial charge in [0, 0.05) is 43.0 Å². The highest BCUT2D eigenvalue weighted by atomic mass is 35.5. The number of aliphatic hydroxyl groups is 2. The summed E-state index contributed by atoms with van der Waals surface area (Å²) in [6.07, 6.45) is 2.60. The molecule has 10 nitrogen and oxygen atoms in total. The molecule has 1 unspecified atom stereocenters. The lowest BCUT2D eigenvalue weighted by Crippen LogP contribution is -2.41. The van der Waals surface area contributed by atoms with Gasteiger partial charge in [-0.15, -0.1) is 0 Å². The molecule has 2 aliphatic carbocycles. The van der Waals surface area contributed by atoms with Gasteiger partial charge in [0.05, 0.1) is 28.9 Å². The molecule has 1 amide bonds. The van der Waals surface area contributed by atoms with Crippen LogP contribution in [-0.4, -0.2) is 59.9 Å². The van der Waals surface area contributed by atoms with Gasteiger partial charge in [-0.3, -0.25) is 9.78 Å². The first kappa shape index (κ1) is 24.7. The number of aromatic nitrogens is 5. The highest BCUT2D eigenvalue weighted by Gasteiger charge is 2.75. The van der Waals surface area contributed by atoms with Crippen LogP contribution in [0.2, 0.25) is 5.02 Å². The van der Waals surface area contributed by atoms with Crippen LogP contribution in [0.4, 0.5) is 10.2 Å². The van der Waals surface area contributed by atoms with Crippen molar-refractivity contribution in [1.29, 1.82) is 0 Å². The molecule has 0 aliphatic heterocycles. The standard InChI is InChI=1S/C26H25ClFN7O3/c1-12-3-4-17(28)13(5-12)9-31-23-18-24(34-22(33-23)14-6-15(27)10-30-8-14)35(11-32-18)19-16-7-26(16,25(38)29-2)21(37)20(19)36/h3-6,8,10-11,16,19-21,36-37H,7,9H2,1-2H3,(H,29,38)(H,31,33,34)/t16-,19?,20+,21+,26+/m1/s1. The number of aliphatic hydroxyl groups excluding tert-OH is 2. The Labute approximate surface area is 221 Å². The van der Waals surface area contributed by atoms with Crippen molar-refractivity contribution in [2.45, 2.75) is 38.1 Å². The zero-order valence-corrected chi connectivity index (χ0v) is 21.3. The molecule has 5 atom stereocenters. The first-order chi connectivity index (χ1) is 18.2. The van der Waals surface area contributed by atoms with Crippen LogP contribution < -0.4 is 10.6 Å². The van der Waals surface area contributed by atoms with Gasteiger partial charge >= 0.3 is 0 Å². The van der Waals surface area contributed by atoms with Crippen LogP contribution in [0.5, 0.6) is 0 Å². The largest absolute Gasteiger partial charge is 0.389 e. The topological polar surface area (TPSA) is 138 Å². The minimum atomic E-state index is -1.23. The smallest absolute Gasteiger partial charge is 0.229 e. The molecule has 2 aliphatic rings. The Balaban J connectivity index is 1.45. The third-order valence-corrected chi connectivity index (χ3v) is 7.88. The summed E-state index contributed by atoms with van der Waals surface area (Å²) in [5, 5.41) is 28.0. The number of benzene rings is 1.